The highest BCUT2D eigenvalue weighted by Crippen LogP contribution is 2.16. The molecule has 0 amide bonds. The molecule has 0 radical (unpaired) electrons. The predicted molar refractivity (Wildman–Crippen MR) is 45.7 cm³/mol. The molecule has 3 nitrogen and oxygen atoms in total. The Morgan fingerprint density at radius 3 is 3.08 bits per heavy atom. The Morgan fingerprint density at radius 1 is 1.58 bits per heavy atom. The van der Waals surface area contributed by atoms with Crippen molar-refractivity contribution in [3.8, 4) is 0 Å². The summed E-state index contributed by atoms with van der Waals surface area (Å²) in [6, 6.07) is 1.25. The van der Waals surface area contributed by atoms with Crippen LogP contribution in [-0.2, 0) is 0 Å². The fourth-order valence-electron chi connectivity index (χ4n) is 0.853. The number of pyridine rings is 1. The maximum Gasteiger partial charge on any atom is 0.243 e. The van der Waals surface area contributed by atoms with Gasteiger partial charge >= 0.3 is 0 Å². The fourth-order valence-corrected chi connectivity index (χ4v) is 1.33. The number of rotatable bonds is 0. The van der Waals surface area contributed by atoms with Gasteiger partial charge in [-0.25, -0.2) is 8.91 Å². The Balaban J connectivity index is 2.83. The van der Waals surface area contributed by atoms with Gasteiger partial charge in [-0.3, -0.25) is 0 Å². The van der Waals surface area contributed by atoms with Gasteiger partial charge in [0.05, 0.1) is 4.47 Å². The Kier molecular flexibility index (Phi) is 1.77. The molecular weight excluding hydrogens is 248 g/mol. The van der Waals surface area contributed by atoms with Crippen molar-refractivity contribution in [2.75, 3.05) is 0 Å². The van der Waals surface area contributed by atoms with Crippen molar-refractivity contribution in [3.63, 3.8) is 0 Å². The summed E-state index contributed by atoms with van der Waals surface area (Å²) in [5.41, 5.74) is 0.390. The summed E-state index contributed by atoms with van der Waals surface area (Å²) in [7, 11) is 0. The summed E-state index contributed by atoms with van der Waals surface area (Å²) < 4.78 is 14.6. The van der Waals surface area contributed by atoms with E-state index in [-0.39, 0.29) is 11.1 Å². The Bertz CT molecular complexity index is 403. The molecule has 0 aliphatic rings. The molecule has 0 saturated carbocycles. The molecular formula is C6H2BrClFN3. The largest absolute Gasteiger partial charge is 0.243 e. The highest BCUT2D eigenvalue weighted by molar-refractivity contribution is 9.10. The number of fused-ring (bicyclic) bond motifs is 1. The van der Waals surface area contributed by atoms with Crippen LogP contribution in [0.1, 0.15) is 0 Å². The molecule has 0 fully saturated rings. The zero-order valence-corrected chi connectivity index (χ0v) is 7.97. The van der Waals surface area contributed by atoms with Gasteiger partial charge in [-0.2, -0.15) is 4.98 Å². The number of hydrogen-bond donors (Lipinski definition) is 0. The maximum atomic E-state index is 12.9. The first-order valence-electron chi connectivity index (χ1n) is 3.04. The van der Waals surface area contributed by atoms with Gasteiger partial charge in [0, 0.05) is 12.3 Å². The van der Waals surface area contributed by atoms with E-state index in [0.717, 1.165) is 0 Å². The molecule has 2 heterocycles. The van der Waals surface area contributed by atoms with Crippen molar-refractivity contribution in [2.45, 2.75) is 0 Å². The third-order valence-electron chi connectivity index (χ3n) is 1.35. The number of hydrogen-bond acceptors (Lipinski definition) is 2. The number of nitrogens with zero attached hydrogens (tertiary/aromatic N) is 3. The third kappa shape index (κ3) is 1.19. The minimum absolute atomic E-state index is 0.104. The van der Waals surface area contributed by atoms with Crippen molar-refractivity contribution in [3.05, 3.63) is 27.8 Å². The zero-order valence-electron chi connectivity index (χ0n) is 5.63. The smallest absolute Gasteiger partial charge is 0.218 e. The van der Waals surface area contributed by atoms with Crippen molar-refractivity contribution in [1.29, 1.82) is 0 Å². The molecule has 12 heavy (non-hydrogen) atoms. The topological polar surface area (TPSA) is 30.2 Å². The molecule has 0 N–H and O–H groups in total. The van der Waals surface area contributed by atoms with Crippen LogP contribution >= 0.6 is 27.5 Å². The van der Waals surface area contributed by atoms with Crippen LogP contribution < -0.4 is 0 Å². The lowest BCUT2D eigenvalue weighted by atomic mass is 10.5. The first kappa shape index (κ1) is 7.94. The van der Waals surface area contributed by atoms with E-state index in [0.29, 0.717) is 10.1 Å². The van der Waals surface area contributed by atoms with Crippen LogP contribution in [0.5, 0.6) is 0 Å². The van der Waals surface area contributed by atoms with E-state index >= 15 is 0 Å². The van der Waals surface area contributed by atoms with E-state index in [1.807, 2.05) is 0 Å². The van der Waals surface area contributed by atoms with Crippen LogP contribution in [-0.4, -0.2) is 14.6 Å². The normalized spacial score (nSPS) is 10.9. The van der Waals surface area contributed by atoms with Crippen LogP contribution in [0.2, 0.25) is 5.28 Å². The van der Waals surface area contributed by atoms with E-state index in [9.17, 15) is 4.39 Å². The molecule has 62 valence electrons. The van der Waals surface area contributed by atoms with Crippen molar-refractivity contribution in [1.82, 2.24) is 14.6 Å². The van der Waals surface area contributed by atoms with Crippen LogP contribution in [0, 0.1) is 5.82 Å². The SMILES string of the molecule is Fc1cc2nc(Cl)nn2cc1Br. The lowest BCUT2D eigenvalue weighted by Crippen LogP contribution is -1.89. The van der Waals surface area contributed by atoms with Gasteiger partial charge < -0.3 is 0 Å². The Morgan fingerprint density at radius 2 is 2.33 bits per heavy atom. The monoisotopic (exact) mass is 249 g/mol. The molecule has 0 bridgehead atoms. The minimum Gasteiger partial charge on any atom is -0.218 e. The van der Waals surface area contributed by atoms with Crippen LogP contribution in [0.3, 0.4) is 0 Å². The molecule has 0 unspecified atom stereocenters. The highest BCUT2D eigenvalue weighted by Gasteiger charge is 2.05. The lowest BCUT2D eigenvalue weighted by molar-refractivity contribution is 0.618. The van der Waals surface area contributed by atoms with Crippen LogP contribution in [0.15, 0.2) is 16.7 Å². The summed E-state index contributed by atoms with van der Waals surface area (Å²) in [6.07, 6.45) is 1.46. The van der Waals surface area contributed by atoms with Gasteiger partial charge in [-0.15, -0.1) is 5.10 Å². The molecule has 2 aromatic heterocycles. The van der Waals surface area contributed by atoms with E-state index in [4.69, 9.17) is 11.6 Å². The quantitative estimate of drug-likeness (QED) is 0.718. The third-order valence-corrected chi connectivity index (χ3v) is 2.10. The summed E-state index contributed by atoms with van der Waals surface area (Å²) in [5.74, 6) is -0.383. The molecule has 2 rings (SSSR count). The van der Waals surface area contributed by atoms with Gasteiger partial charge in [0.25, 0.3) is 0 Å². The van der Waals surface area contributed by atoms with Gasteiger partial charge in [-0.1, -0.05) is 0 Å². The summed E-state index contributed by atoms with van der Waals surface area (Å²) in [6.45, 7) is 0. The molecule has 0 aromatic carbocycles. The van der Waals surface area contributed by atoms with Crippen molar-refractivity contribution < 1.29 is 4.39 Å². The highest BCUT2D eigenvalue weighted by atomic mass is 79.9. The molecule has 0 atom stereocenters. The van der Waals surface area contributed by atoms with E-state index < -0.39 is 0 Å². The van der Waals surface area contributed by atoms with Crippen molar-refractivity contribution in [2.24, 2.45) is 0 Å². The van der Waals surface area contributed by atoms with Crippen LogP contribution in [0.4, 0.5) is 4.39 Å². The first-order valence-corrected chi connectivity index (χ1v) is 4.21. The zero-order chi connectivity index (χ0) is 8.72. The molecule has 0 aliphatic heterocycles. The first-order chi connectivity index (χ1) is 5.66. The van der Waals surface area contributed by atoms with Gasteiger partial charge in [0.2, 0.25) is 5.28 Å². The molecule has 0 saturated heterocycles. The van der Waals surface area contributed by atoms with Crippen molar-refractivity contribution >= 4 is 33.2 Å². The van der Waals surface area contributed by atoms with Gasteiger partial charge in [0.1, 0.15) is 5.82 Å². The summed E-state index contributed by atoms with van der Waals surface area (Å²) in [5, 5.41) is 3.89. The fraction of sp³-hybridized carbons (Fsp3) is 0. The second kappa shape index (κ2) is 2.67. The van der Waals surface area contributed by atoms with Crippen LogP contribution in [0.25, 0.3) is 5.65 Å². The number of halogens is 3. The maximum absolute atomic E-state index is 12.9. The van der Waals surface area contributed by atoms with E-state index in [1.54, 1.807) is 0 Å². The van der Waals surface area contributed by atoms with E-state index in [1.165, 1.54) is 16.8 Å². The second-order valence-corrected chi connectivity index (χ2v) is 3.35. The molecule has 6 heteroatoms. The minimum atomic E-state index is -0.383. The standard InChI is InChI=1S/C6H2BrClFN3/c7-3-2-12-5(1-4(3)9)10-6(8)11-12/h1-2H. The average Bonchev–Trinajstić information content (AvgIpc) is 2.30. The Labute approximate surface area is 80.3 Å². The second-order valence-electron chi connectivity index (χ2n) is 2.15. The summed E-state index contributed by atoms with van der Waals surface area (Å²) >= 11 is 8.53. The predicted octanol–water partition coefficient (Wildman–Crippen LogP) is 2.28. The molecule has 0 spiro atoms. The summed E-state index contributed by atoms with van der Waals surface area (Å²) in [4.78, 5) is 3.77. The van der Waals surface area contributed by atoms with Gasteiger partial charge in [0.15, 0.2) is 5.65 Å². The number of aromatic nitrogens is 3. The molecule has 2 aromatic rings. The average molecular weight is 250 g/mol. The Hall–Kier alpha value is -0.680. The molecule has 0 aliphatic carbocycles. The lowest BCUT2D eigenvalue weighted by Gasteiger charge is -1.93. The van der Waals surface area contributed by atoms with Gasteiger partial charge in [-0.05, 0) is 27.5 Å². The van der Waals surface area contributed by atoms with E-state index in [2.05, 4.69) is 26.0 Å².